The van der Waals surface area contributed by atoms with Crippen LogP contribution in [-0.2, 0) is 4.79 Å². The van der Waals surface area contributed by atoms with Crippen molar-refractivity contribution in [1.29, 1.82) is 0 Å². The van der Waals surface area contributed by atoms with Gasteiger partial charge in [-0.05, 0) is 56.4 Å². The molecule has 0 spiro atoms. The Hall–Kier alpha value is -1.91. The zero-order chi connectivity index (χ0) is 17.7. The molecular formula is C19H27FN2O2. The van der Waals surface area contributed by atoms with E-state index in [1.807, 2.05) is 18.7 Å². The fraction of sp³-hybridized carbons (Fsp3) is 0.579. The second kappa shape index (κ2) is 8.27. The molecule has 1 N–H and O–H groups in total. The smallest absolute Gasteiger partial charge is 0.253 e. The lowest BCUT2D eigenvalue weighted by Gasteiger charge is -2.38. The number of benzene rings is 1. The standard InChI is InChI=1S/C19H27FN2O2/c1-4-14-12-22(19(24)15-5-7-17(20)8-6-15)10-9-16(14)11-18(23)21-13(2)3/h5-8,13-14,16H,4,9-12H2,1-3H3,(H,21,23)/t14-,16-/m0/s1. The summed E-state index contributed by atoms with van der Waals surface area (Å²) in [5.74, 6) is 0.324. The van der Waals surface area contributed by atoms with Crippen LogP contribution in [0.2, 0.25) is 0 Å². The Bertz CT molecular complexity index is 571. The first kappa shape index (κ1) is 18.4. The van der Waals surface area contributed by atoms with Crippen LogP contribution in [0.4, 0.5) is 4.39 Å². The van der Waals surface area contributed by atoms with Crippen molar-refractivity contribution in [1.82, 2.24) is 10.2 Å². The van der Waals surface area contributed by atoms with E-state index in [1.54, 1.807) is 0 Å². The summed E-state index contributed by atoms with van der Waals surface area (Å²) in [5, 5.41) is 2.94. The van der Waals surface area contributed by atoms with Gasteiger partial charge in [-0.2, -0.15) is 0 Å². The molecule has 1 aliphatic rings. The largest absolute Gasteiger partial charge is 0.354 e. The van der Waals surface area contributed by atoms with Gasteiger partial charge < -0.3 is 10.2 Å². The van der Waals surface area contributed by atoms with Gasteiger partial charge in [-0.15, -0.1) is 0 Å². The Kier molecular flexibility index (Phi) is 6.35. The van der Waals surface area contributed by atoms with E-state index in [1.165, 1.54) is 24.3 Å². The summed E-state index contributed by atoms with van der Waals surface area (Å²) in [7, 11) is 0. The maximum absolute atomic E-state index is 13.0. The van der Waals surface area contributed by atoms with Crippen LogP contribution in [0.3, 0.4) is 0 Å². The number of nitrogens with one attached hydrogen (secondary N) is 1. The molecule has 2 amide bonds. The number of nitrogens with zero attached hydrogens (tertiary/aromatic N) is 1. The number of piperidine rings is 1. The third-order valence-electron chi connectivity index (χ3n) is 4.69. The summed E-state index contributed by atoms with van der Waals surface area (Å²) < 4.78 is 13.0. The van der Waals surface area contributed by atoms with Crippen LogP contribution in [0.1, 0.15) is 50.4 Å². The molecule has 1 fully saturated rings. The van der Waals surface area contributed by atoms with Gasteiger partial charge >= 0.3 is 0 Å². The van der Waals surface area contributed by atoms with Gasteiger partial charge in [0.25, 0.3) is 5.91 Å². The minimum atomic E-state index is -0.340. The lowest BCUT2D eigenvalue weighted by Crippen LogP contribution is -2.45. The minimum absolute atomic E-state index is 0.0569. The Morgan fingerprint density at radius 2 is 1.92 bits per heavy atom. The van der Waals surface area contributed by atoms with Crippen molar-refractivity contribution in [3.05, 3.63) is 35.6 Å². The number of hydrogen-bond donors (Lipinski definition) is 1. The number of amides is 2. The SMILES string of the molecule is CC[C@H]1CN(C(=O)c2ccc(F)cc2)CC[C@H]1CC(=O)NC(C)C. The summed E-state index contributed by atoms with van der Waals surface area (Å²) in [6, 6.07) is 5.83. The van der Waals surface area contributed by atoms with Crippen LogP contribution < -0.4 is 5.32 Å². The molecule has 0 aliphatic carbocycles. The zero-order valence-electron chi connectivity index (χ0n) is 14.7. The van der Waals surface area contributed by atoms with E-state index in [-0.39, 0.29) is 23.7 Å². The summed E-state index contributed by atoms with van der Waals surface area (Å²) >= 11 is 0. The second-order valence-electron chi connectivity index (χ2n) is 6.90. The van der Waals surface area contributed by atoms with Crippen molar-refractivity contribution in [2.45, 2.75) is 46.1 Å². The third kappa shape index (κ3) is 4.79. The molecule has 0 radical (unpaired) electrons. The fourth-order valence-corrected chi connectivity index (χ4v) is 3.39. The number of likely N-dealkylation sites (tertiary alicyclic amines) is 1. The summed E-state index contributed by atoms with van der Waals surface area (Å²) in [5.41, 5.74) is 0.516. The van der Waals surface area contributed by atoms with Crippen molar-refractivity contribution in [2.24, 2.45) is 11.8 Å². The van der Waals surface area contributed by atoms with Gasteiger partial charge in [0.15, 0.2) is 0 Å². The van der Waals surface area contributed by atoms with E-state index < -0.39 is 0 Å². The van der Waals surface area contributed by atoms with Gasteiger partial charge in [-0.25, -0.2) is 4.39 Å². The van der Waals surface area contributed by atoms with E-state index in [0.717, 1.165) is 12.8 Å². The highest BCUT2D eigenvalue weighted by Gasteiger charge is 2.32. The van der Waals surface area contributed by atoms with E-state index in [4.69, 9.17) is 0 Å². The van der Waals surface area contributed by atoms with Crippen molar-refractivity contribution in [3.8, 4) is 0 Å². The Morgan fingerprint density at radius 1 is 1.25 bits per heavy atom. The number of halogens is 1. The van der Waals surface area contributed by atoms with Crippen molar-refractivity contribution in [2.75, 3.05) is 13.1 Å². The molecule has 1 aromatic rings. The molecule has 1 saturated heterocycles. The lowest BCUT2D eigenvalue weighted by atomic mass is 9.81. The highest BCUT2D eigenvalue weighted by molar-refractivity contribution is 5.94. The molecule has 0 saturated carbocycles. The number of rotatable bonds is 5. The molecule has 5 heteroatoms. The van der Waals surface area contributed by atoms with Crippen LogP contribution >= 0.6 is 0 Å². The topological polar surface area (TPSA) is 49.4 Å². The molecular weight excluding hydrogens is 307 g/mol. The lowest BCUT2D eigenvalue weighted by molar-refractivity contribution is -0.123. The fourth-order valence-electron chi connectivity index (χ4n) is 3.39. The van der Waals surface area contributed by atoms with Crippen LogP contribution in [0.5, 0.6) is 0 Å². The van der Waals surface area contributed by atoms with Crippen LogP contribution in [0.25, 0.3) is 0 Å². The van der Waals surface area contributed by atoms with Gasteiger partial charge in [0.2, 0.25) is 5.91 Å². The van der Waals surface area contributed by atoms with Gasteiger partial charge in [0, 0.05) is 31.1 Å². The van der Waals surface area contributed by atoms with Crippen molar-refractivity contribution < 1.29 is 14.0 Å². The van der Waals surface area contributed by atoms with E-state index in [2.05, 4.69) is 12.2 Å². The molecule has 1 heterocycles. The number of carbonyl (C=O) groups is 2. The van der Waals surface area contributed by atoms with Gasteiger partial charge in [0.1, 0.15) is 5.82 Å². The highest BCUT2D eigenvalue weighted by atomic mass is 19.1. The maximum Gasteiger partial charge on any atom is 0.253 e. The molecule has 1 aromatic carbocycles. The summed E-state index contributed by atoms with van der Waals surface area (Å²) in [4.78, 5) is 26.4. The van der Waals surface area contributed by atoms with Crippen LogP contribution in [0.15, 0.2) is 24.3 Å². The van der Waals surface area contributed by atoms with Gasteiger partial charge in [-0.1, -0.05) is 13.3 Å². The van der Waals surface area contributed by atoms with Crippen molar-refractivity contribution >= 4 is 11.8 Å². The monoisotopic (exact) mass is 334 g/mol. The average Bonchev–Trinajstić information content (AvgIpc) is 2.54. The van der Waals surface area contributed by atoms with E-state index in [9.17, 15) is 14.0 Å². The normalized spacial score (nSPS) is 21.0. The van der Waals surface area contributed by atoms with Gasteiger partial charge in [0.05, 0.1) is 0 Å². The van der Waals surface area contributed by atoms with E-state index >= 15 is 0 Å². The minimum Gasteiger partial charge on any atom is -0.354 e. The summed E-state index contributed by atoms with van der Waals surface area (Å²) in [6.45, 7) is 7.32. The molecule has 24 heavy (non-hydrogen) atoms. The van der Waals surface area contributed by atoms with Crippen LogP contribution in [0, 0.1) is 17.7 Å². The average molecular weight is 334 g/mol. The third-order valence-corrected chi connectivity index (χ3v) is 4.69. The molecule has 2 rings (SSSR count). The Morgan fingerprint density at radius 3 is 2.50 bits per heavy atom. The molecule has 0 unspecified atom stereocenters. The first-order chi connectivity index (χ1) is 11.4. The second-order valence-corrected chi connectivity index (χ2v) is 6.90. The number of carbonyl (C=O) groups excluding carboxylic acids is 2. The van der Waals surface area contributed by atoms with Gasteiger partial charge in [-0.3, -0.25) is 9.59 Å². The first-order valence-electron chi connectivity index (χ1n) is 8.75. The van der Waals surface area contributed by atoms with E-state index in [0.29, 0.717) is 36.9 Å². The van der Waals surface area contributed by atoms with Crippen LogP contribution in [-0.4, -0.2) is 35.8 Å². The molecule has 0 bridgehead atoms. The highest BCUT2D eigenvalue weighted by Crippen LogP contribution is 2.29. The Labute approximate surface area is 143 Å². The maximum atomic E-state index is 13.0. The molecule has 4 nitrogen and oxygen atoms in total. The number of hydrogen-bond acceptors (Lipinski definition) is 2. The predicted molar refractivity (Wildman–Crippen MR) is 92.1 cm³/mol. The zero-order valence-corrected chi connectivity index (χ0v) is 14.7. The molecule has 0 aromatic heterocycles. The Balaban J connectivity index is 1.97. The predicted octanol–water partition coefficient (Wildman–Crippen LogP) is 3.23. The molecule has 2 atom stereocenters. The van der Waals surface area contributed by atoms with Crippen molar-refractivity contribution in [3.63, 3.8) is 0 Å². The molecule has 1 aliphatic heterocycles. The summed E-state index contributed by atoms with van der Waals surface area (Å²) in [6.07, 6.45) is 2.29. The first-order valence-corrected chi connectivity index (χ1v) is 8.75. The molecule has 132 valence electrons. The quantitative estimate of drug-likeness (QED) is 0.899.